The summed E-state index contributed by atoms with van der Waals surface area (Å²) in [6.45, 7) is 0.725. The van der Waals surface area contributed by atoms with Crippen molar-refractivity contribution in [2.24, 2.45) is 0 Å². The Kier molecular flexibility index (Phi) is 6.35. The van der Waals surface area contributed by atoms with Crippen LogP contribution in [0.2, 0.25) is 0 Å². The van der Waals surface area contributed by atoms with Crippen LogP contribution < -0.4 is 5.32 Å². The summed E-state index contributed by atoms with van der Waals surface area (Å²) in [5.41, 5.74) is 1.56. The number of hydrogen-bond donors (Lipinski definition) is 1. The van der Waals surface area contributed by atoms with Gasteiger partial charge in [-0.25, -0.2) is 36.0 Å². The summed E-state index contributed by atoms with van der Waals surface area (Å²) in [7, 11) is 0. The van der Waals surface area contributed by atoms with Crippen LogP contribution in [-0.2, 0) is 17.9 Å². The molecule has 1 amide bonds. The quantitative estimate of drug-likeness (QED) is 0.188. The van der Waals surface area contributed by atoms with Gasteiger partial charge in [0.1, 0.15) is 12.4 Å². The monoisotopic (exact) mass is 530 g/mol. The second-order valence-electron chi connectivity index (χ2n) is 8.33. The van der Waals surface area contributed by atoms with Crippen molar-refractivity contribution in [3.8, 4) is 11.1 Å². The maximum Gasteiger partial charge on any atom is 0.246 e. The number of anilines is 1. The van der Waals surface area contributed by atoms with Gasteiger partial charge in [0.15, 0.2) is 28.9 Å². The first-order valence-electron chi connectivity index (χ1n) is 11.0. The normalized spacial score (nSPS) is 11.3. The topological polar surface area (TPSA) is 77.6 Å². The lowest BCUT2D eigenvalue weighted by atomic mass is 10.0. The number of pyridine rings is 1. The Morgan fingerprint density at radius 2 is 1.58 bits per heavy atom. The lowest BCUT2D eigenvalue weighted by Crippen LogP contribution is -2.19. The van der Waals surface area contributed by atoms with Gasteiger partial charge >= 0.3 is 0 Å². The van der Waals surface area contributed by atoms with Gasteiger partial charge in [-0.2, -0.15) is 10.2 Å². The summed E-state index contributed by atoms with van der Waals surface area (Å²) in [6, 6.07) is 7.67. The number of nitrogens with one attached hydrogen (secondary N) is 1. The van der Waals surface area contributed by atoms with E-state index in [1.165, 1.54) is 23.0 Å². The van der Waals surface area contributed by atoms with Crippen molar-refractivity contribution >= 4 is 22.6 Å². The van der Waals surface area contributed by atoms with Crippen molar-refractivity contribution in [2.75, 3.05) is 5.32 Å². The maximum absolute atomic E-state index is 14.0. The Hall–Kier alpha value is -4.68. The van der Waals surface area contributed by atoms with Gasteiger partial charge in [-0.15, -0.1) is 0 Å². The van der Waals surface area contributed by atoms with Crippen molar-refractivity contribution < 1.29 is 31.1 Å². The number of benzene rings is 2. The van der Waals surface area contributed by atoms with E-state index in [0.29, 0.717) is 16.7 Å². The van der Waals surface area contributed by atoms with Crippen LogP contribution in [0, 0.1) is 41.8 Å². The molecular weight excluding hydrogens is 514 g/mol. The zero-order valence-electron chi connectivity index (χ0n) is 19.4. The minimum absolute atomic E-state index is 0.118. The van der Waals surface area contributed by atoms with Gasteiger partial charge in [-0.1, -0.05) is 12.1 Å². The highest BCUT2D eigenvalue weighted by Gasteiger charge is 2.26. The number of hydrogen-bond acceptors (Lipinski definition) is 4. The molecule has 0 saturated heterocycles. The molecule has 1 N–H and O–H groups in total. The number of nitrogens with zero attached hydrogens (tertiary/aromatic N) is 5. The summed E-state index contributed by atoms with van der Waals surface area (Å²) in [5, 5.41) is 11.4. The van der Waals surface area contributed by atoms with Crippen LogP contribution in [-0.4, -0.2) is 30.5 Å². The summed E-state index contributed by atoms with van der Waals surface area (Å²) in [6.07, 6.45) is 3.87. The lowest BCUT2D eigenvalue weighted by molar-refractivity contribution is -0.116. The first-order chi connectivity index (χ1) is 18.1. The van der Waals surface area contributed by atoms with Crippen molar-refractivity contribution in [3.63, 3.8) is 0 Å². The van der Waals surface area contributed by atoms with Crippen LogP contribution in [0.1, 0.15) is 11.3 Å². The first kappa shape index (κ1) is 25.0. The van der Waals surface area contributed by atoms with Gasteiger partial charge in [0.2, 0.25) is 11.7 Å². The average Bonchev–Trinajstić information content (AvgIpc) is 3.48. The SMILES string of the molecule is Cc1nn(CC(=O)Nc2cnn(Cc3c(F)c(F)c(F)c(F)c3F)c2)c2nccc(-c3ccc(F)cc3)c12. The summed E-state index contributed by atoms with van der Waals surface area (Å²) in [4.78, 5) is 17.0. The van der Waals surface area contributed by atoms with Crippen molar-refractivity contribution in [1.82, 2.24) is 24.5 Å². The molecule has 0 aliphatic carbocycles. The highest BCUT2D eigenvalue weighted by atomic mass is 19.2. The molecule has 0 unspecified atom stereocenters. The highest BCUT2D eigenvalue weighted by Crippen LogP contribution is 2.30. The minimum Gasteiger partial charge on any atom is -0.322 e. The molecule has 0 saturated carbocycles. The lowest BCUT2D eigenvalue weighted by Gasteiger charge is -2.08. The third-order valence-electron chi connectivity index (χ3n) is 5.79. The van der Waals surface area contributed by atoms with Gasteiger partial charge in [-0.05, 0) is 36.2 Å². The molecule has 3 heterocycles. The molecule has 0 aliphatic heterocycles. The minimum atomic E-state index is -2.25. The van der Waals surface area contributed by atoms with E-state index in [1.54, 1.807) is 31.3 Å². The number of fused-ring (bicyclic) bond motifs is 1. The summed E-state index contributed by atoms with van der Waals surface area (Å²) in [5.74, 6) is -11.2. The third kappa shape index (κ3) is 4.46. The molecule has 0 atom stereocenters. The molecule has 5 aromatic rings. The zero-order chi connectivity index (χ0) is 27.1. The summed E-state index contributed by atoms with van der Waals surface area (Å²) < 4.78 is 83.8. The van der Waals surface area contributed by atoms with Gasteiger partial charge in [0.25, 0.3) is 0 Å². The molecular formula is C25H16F6N6O. The predicted octanol–water partition coefficient (Wildman–Crippen LogP) is 5.12. The van der Waals surface area contributed by atoms with Gasteiger partial charge in [-0.3, -0.25) is 9.48 Å². The van der Waals surface area contributed by atoms with Crippen LogP contribution in [0.3, 0.4) is 0 Å². The molecule has 0 radical (unpaired) electrons. The van der Waals surface area contributed by atoms with E-state index >= 15 is 0 Å². The van der Waals surface area contributed by atoms with Crippen LogP contribution in [0.25, 0.3) is 22.2 Å². The second kappa shape index (κ2) is 9.65. The zero-order valence-corrected chi connectivity index (χ0v) is 19.4. The Morgan fingerprint density at radius 3 is 2.26 bits per heavy atom. The number of carbonyl (C=O) groups is 1. The maximum atomic E-state index is 14.0. The van der Waals surface area contributed by atoms with E-state index in [9.17, 15) is 31.1 Å². The Balaban J connectivity index is 1.34. The van der Waals surface area contributed by atoms with E-state index in [2.05, 4.69) is 20.5 Å². The molecule has 0 bridgehead atoms. The summed E-state index contributed by atoms with van der Waals surface area (Å²) >= 11 is 0. The van der Waals surface area contributed by atoms with Gasteiger partial charge in [0, 0.05) is 17.8 Å². The van der Waals surface area contributed by atoms with E-state index in [-0.39, 0.29) is 18.0 Å². The standard InChI is InChI=1S/C25H16F6N6O/c1-12-19-16(13-2-4-14(26)5-3-13)6-7-32-25(19)37(35-12)11-18(38)34-15-8-33-36(9-15)10-17-20(27)22(29)24(31)23(30)21(17)28/h2-9H,10-11H2,1H3,(H,34,38). The highest BCUT2D eigenvalue weighted by molar-refractivity contribution is 5.96. The average molecular weight is 530 g/mol. The predicted molar refractivity (Wildman–Crippen MR) is 124 cm³/mol. The largest absolute Gasteiger partial charge is 0.322 e. The third-order valence-corrected chi connectivity index (χ3v) is 5.79. The Labute approximate surface area is 210 Å². The molecule has 0 spiro atoms. The van der Waals surface area contributed by atoms with Crippen molar-refractivity contribution in [3.05, 3.63) is 95.1 Å². The number of rotatable bonds is 6. The van der Waals surface area contributed by atoms with E-state index in [1.807, 2.05) is 0 Å². The molecule has 0 fully saturated rings. The van der Waals surface area contributed by atoms with E-state index < -0.39 is 47.1 Å². The number of aryl methyl sites for hydroxylation is 1. The van der Waals surface area contributed by atoms with Gasteiger partial charge in [0.05, 0.1) is 29.7 Å². The molecule has 38 heavy (non-hydrogen) atoms. The van der Waals surface area contributed by atoms with Crippen LogP contribution >= 0.6 is 0 Å². The molecule has 7 nitrogen and oxygen atoms in total. The van der Waals surface area contributed by atoms with E-state index in [4.69, 9.17) is 0 Å². The fourth-order valence-electron chi connectivity index (χ4n) is 4.06. The molecule has 0 aliphatic rings. The number of amides is 1. The molecule has 194 valence electrons. The molecule has 13 heteroatoms. The van der Waals surface area contributed by atoms with Crippen LogP contribution in [0.15, 0.2) is 48.9 Å². The second-order valence-corrected chi connectivity index (χ2v) is 8.33. The Bertz CT molecular complexity index is 1670. The smallest absolute Gasteiger partial charge is 0.246 e. The molecule has 3 aromatic heterocycles. The van der Waals surface area contributed by atoms with E-state index in [0.717, 1.165) is 22.0 Å². The first-order valence-corrected chi connectivity index (χ1v) is 11.0. The Morgan fingerprint density at radius 1 is 0.921 bits per heavy atom. The van der Waals surface area contributed by atoms with Crippen molar-refractivity contribution in [2.45, 2.75) is 20.0 Å². The fraction of sp³-hybridized carbons (Fsp3) is 0.120. The van der Waals surface area contributed by atoms with Crippen molar-refractivity contribution in [1.29, 1.82) is 0 Å². The molecule has 2 aromatic carbocycles. The fourth-order valence-corrected chi connectivity index (χ4v) is 4.06. The van der Waals surface area contributed by atoms with Gasteiger partial charge < -0.3 is 5.32 Å². The number of carbonyl (C=O) groups excluding carboxylic acids is 1. The number of aromatic nitrogens is 5. The molecule has 5 rings (SSSR count). The van der Waals surface area contributed by atoms with Crippen LogP contribution in [0.5, 0.6) is 0 Å². The van der Waals surface area contributed by atoms with Crippen LogP contribution in [0.4, 0.5) is 32.0 Å². The number of halogens is 6.